The van der Waals surface area contributed by atoms with Crippen LogP contribution in [0.1, 0.15) is 25.5 Å². The molecule has 0 saturated heterocycles. The summed E-state index contributed by atoms with van der Waals surface area (Å²) < 4.78 is 2.07. The molecule has 2 aromatic rings. The predicted molar refractivity (Wildman–Crippen MR) is 59.8 cm³/mol. The Balaban J connectivity index is 2.76. The Labute approximate surface area is 92.9 Å². The van der Waals surface area contributed by atoms with Crippen molar-refractivity contribution in [3.05, 3.63) is 29.0 Å². The Bertz CT molecular complexity index is 549. The van der Waals surface area contributed by atoms with Crippen LogP contribution >= 0.6 is 11.6 Å². The fraction of sp³-hybridized carbons (Fsp3) is 0.273. The minimum atomic E-state index is 0.270. The highest BCUT2D eigenvalue weighted by Crippen LogP contribution is 2.23. The van der Waals surface area contributed by atoms with Crippen LogP contribution in [0.25, 0.3) is 11.0 Å². The zero-order chi connectivity index (χ0) is 11.0. The lowest BCUT2D eigenvalue weighted by Crippen LogP contribution is -1.98. The number of hydrogen-bond donors (Lipinski definition) is 0. The summed E-state index contributed by atoms with van der Waals surface area (Å²) >= 11 is 5.85. The first-order chi connectivity index (χ1) is 7.13. The topological polar surface area (TPSA) is 41.6 Å². The summed E-state index contributed by atoms with van der Waals surface area (Å²) in [5, 5.41) is 9.13. The maximum atomic E-state index is 8.86. The van der Waals surface area contributed by atoms with E-state index in [9.17, 15) is 0 Å². The molecular weight excluding hydrogens is 210 g/mol. The quantitative estimate of drug-likeness (QED) is 0.692. The summed E-state index contributed by atoms with van der Waals surface area (Å²) in [6, 6.07) is 6.07. The van der Waals surface area contributed by atoms with E-state index in [1.165, 1.54) is 0 Å². The standard InChI is InChI=1S/C11H10ClN3/c1-7(2)15-4-3-9-10(15)5-8(6-13)11(12)14-9/h3-5,7H,1-2H3. The molecule has 0 atom stereocenters. The van der Waals surface area contributed by atoms with Crippen LogP contribution in [0.15, 0.2) is 18.3 Å². The van der Waals surface area contributed by atoms with Gasteiger partial charge in [-0.3, -0.25) is 0 Å². The molecule has 0 unspecified atom stereocenters. The van der Waals surface area contributed by atoms with Crippen molar-refractivity contribution in [1.82, 2.24) is 9.55 Å². The highest BCUT2D eigenvalue weighted by Gasteiger charge is 2.09. The number of rotatable bonds is 1. The Morgan fingerprint density at radius 3 is 2.87 bits per heavy atom. The number of aromatic nitrogens is 2. The fourth-order valence-electron chi connectivity index (χ4n) is 1.58. The van der Waals surface area contributed by atoms with Gasteiger partial charge in [-0.1, -0.05) is 11.6 Å². The molecule has 0 fully saturated rings. The van der Waals surface area contributed by atoms with Crippen molar-refractivity contribution in [3.8, 4) is 6.07 Å². The van der Waals surface area contributed by atoms with Gasteiger partial charge in [0.05, 0.1) is 16.6 Å². The molecule has 2 rings (SSSR count). The zero-order valence-electron chi connectivity index (χ0n) is 8.53. The van der Waals surface area contributed by atoms with Gasteiger partial charge in [-0.25, -0.2) is 4.98 Å². The van der Waals surface area contributed by atoms with E-state index in [-0.39, 0.29) is 5.15 Å². The second-order valence-corrected chi connectivity index (χ2v) is 4.02. The first-order valence-corrected chi connectivity index (χ1v) is 5.08. The fourth-order valence-corrected chi connectivity index (χ4v) is 1.77. The SMILES string of the molecule is CC(C)n1ccc2nc(Cl)c(C#N)cc21. The van der Waals surface area contributed by atoms with Gasteiger partial charge in [0.15, 0.2) is 0 Å². The molecule has 0 aliphatic rings. The minimum absolute atomic E-state index is 0.270. The lowest BCUT2D eigenvalue weighted by molar-refractivity contribution is 0.623. The van der Waals surface area contributed by atoms with Gasteiger partial charge in [-0.05, 0) is 26.0 Å². The van der Waals surface area contributed by atoms with Gasteiger partial charge in [-0.2, -0.15) is 5.26 Å². The summed E-state index contributed by atoms with van der Waals surface area (Å²) in [7, 11) is 0. The molecule has 0 aliphatic heterocycles. The van der Waals surface area contributed by atoms with Crippen molar-refractivity contribution < 1.29 is 0 Å². The highest BCUT2D eigenvalue weighted by molar-refractivity contribution is 6.30. The molecule has 15 heavy (non-hydrogen) atoms. The van der Waals surface area contributed by atoms with E-state index in [4.69, 9.17) is 16.9 Å². The van der Waals surface area contributed by atoms with Gasteiger partial charge in [0, 0.05) is 12.2 Å². The van der Waals surface area contributed by atoms with Crippen molar-refractivity contribution in [3.63, 3.8) is 0 Å². The Morgan fingerprint density at radius 1 is 1.53 bits per heavy atom. The number of hydrogen-bond acceptors (Lipinski definition) is 2. The Hall–Kier alpha value is -1.53. The summed E-state index contributed by atoms with van der Waals surface area (Å²) in [6.45, 7) is 4.17. The average molecular weight is 220 g/mol. The van der Waals surface area contributed by atoms with Gasteiger partial charge in [0.1, 0.15) is 11.2 Å². The minimum Gasteiger partial charge on any atom is -0.344 e. The lowest BCUT2D eigenvalue weighted by Gasteiger charge is -2.08. The summed E-state index contributed by atoms with van der Waals surface area (Å²) in [4.78, 5) is 4.17. The third-order valence-corrected chi connectivity index (χ3v) is 2.62. The smallest absolute Gasteiger partial charge is 0.147 e. The van der Waals surface area contributed by atoms with Gasteiger partial charge < -0.3 is 4.57 Å². The molecule has 0 aromatic carbocycles. The van der Waals surface area contributed by atoms with Crippen LogP contribution in [0.2, 0.25) is 5.15 Å². The van der Waals surface area contributed by atoms with Gasteiger partial charge in [0.25, 0.3) is 0 Å². The molecule has 0 aliphatic carbocycles. The largest absolute Gasteiger partial charge is 0.344 e. The van der Waals surface area contributed by atoms with E-state index in [0.717, 1.165) is 11.0 Å². The average Bonchev–Trinajstić information content (AvgIpc) is 2.59. The Morgan fingerprint density at radius 2 is 2.27 bits per heavy atom. The third kappa shape index (κ3) is 1.57. The van der Waals surface area contributed by atoms with Crippen molar-refractivity contribution in [2.45, 2.75) is 19.9 Å². The van der Waals surface area contributed by atoms with Gasteiger partial charge in [-0.15, -0.1) is 0 Å². The molecule has 3 nitrogen and oxygen atoms in total. The molecule has 76 valence electrons. The molecule has 0 N–H and O–H groups in total. The monoisotopic (exact) mass is 219 g/mol. The highest BCUT2D eigenvalue weighted by atomic mass is 35.5. The first-order valence-electron chi connectivity index (χ1n) is 4.70. The maximum Gasteiger partial charge on any atom is 0.147 e. The van der Waals surface area contributed by atoms with Crippen LogP contribution in [-0.4, -0.2) is 9.55 Å². The summed E-state index contributed by atoms with van der Waals surface area (Å²) in [5.41, 5.74) is 2.20. The number of nitriles is 1. The molecule has 0 bridgehead atoms. The van der Waals surface area contributed by atoms with E-state index in [0.29, 0.717) is 11.6 Å². The van der Waals surface area contributed by atoms with E-state index >= 15 is 0 Å². The van der Waals surface area contributed by atoms with Crippen molar-refractivity contribution in [1.29, 1.82) is 5.26 Å². The van der Waals surface area contributed by atoms with E-state index in [2.05, 4.69) is 23.4 Å². The first kappa shape index (κ1) is 10.0. The zero-order valence-corrected chi connectivity index (χ0v) is 9.28. The van der Waals surface area contributed by atoms with Crippen molar-refractivity contribution in [2.75, 3.05) is 0 Å². The van der Waals surface area contributed by atoms with Crippen LogP contribution in [0.3, 0.4) is 0 Å². The van der Waals surface area contributed by atoms with Crippen molar-refractivity contribution >= 4 is 22.6 Å². The number of pyridine rings is 1. The third-order valence-electron chi connectivity index (χ3n) is 2.33. The van der Waals surface area contributed by atoms with Crippen LogP contribution in [0.4, 0.5) is 0 Å². The normalized spacial score (nSPS) is 10.9. The second kappa shape index (κ2) is 3.56. The lowest BCUT2D eigenvalue weighted by atomic mass is 10.2. The molecule has 2 aromatic heterocycles. The number of nitrogens with zero attached hydrogens (tertiary/aromatic N) is 3. The van der Waals surface area contributed by atoms with Crippen molar-refractivity contribution in [2.24, 2.45) is 0 Å². The molecule has 4 heteroatoms. The van der Waals surface area contributed by atoms with Crippen LogP contribution in [0, 0.1) is 11.3 Å². The predicted octanol–water partition coefficient (Wildman–Crippen LogP) is 3.14. The van der Waals surface area contributed by atoms with Crippen LogP contribution < -0.4 is 0 Å². The van der Waals surface area contributed by atoms with E-state index in [1.807, 2.05) is 18.3 Å². The molecule has 0 amide bonds. The summed E-state index contributed by atoms with van der Waals surface area (Å²) in [5.74, 6) is 0. The van der Waals surface area contributed by atoms with E-state index < -0.39 is 0 Å². The molecule has 0 saturated carbocycles. The molecule has 0 radical (unpaired) electrons. The van der Waals surface area contributed by atoms with Crippen LogP contribution in [0.5, 0.6) is 0 Å². The molecular formula is C11H10ClN3. The Kier molecular flexibility index (Phi) is 2.37. The maximum absolute atomic E-state index is 8.86. The van der Waals surface area contributed by atoms with Gasteiger partial charge in [0.2, 0.25) is 0 Å². The summed E-state index contributed by atoms with van der Waals surface area (Å²) in [6.07, 6.45) is 1.96. The van der Waals surface area contributed by atoms with Crippen LogP contribution in [-0.2, 0) is 0 Å². The van der Waals surface area contributed by atoms with Gasteiger partial charge >= 0.3 is 0 Å². The van der Waals surface area contributed by atoms with E-state index in [1.54, 1.807) is 6.07 Å². The number of halogens is 1. The number of fused-ring (bicyclic) bond motifs is 1. The molecule has 2 heterocycles. The molecule has 0 spiro atoms. The second-order valence-electron chi connectivity index (χ2n) is 3.66.